The Morgan fingerprint density at radius 3 is 2.36 bits per heavy atom. The predicted molar refractivity (Wildman–Crippen MR) is 62.0 cm³/mol. The molecule has 0 radical (unpaired) electrons. The number of nitrogens with zero attached hydrogens (tertiary/aromatic N) is 2. The number of hydrogen-bond donors (Lipinski definition) is 2. The first-order valence-corrected chi connectivity index (χ1v) is 5.28. The lowest BCUT2D eigenvalue weighted by Crippen LogP contribution is -2.48. The number of aliphatic imine (C=N–C) groups is 1. The molecule has 4 heteroatoms. The van der Waals surface area contributed by atoms with Crippen molar-refractivity contribution < 1.29 is 0 Å². The Morgan fingerprint density at radius 2 is 2.00 bits per heavy atom. The zero-order chi connectivity index (χ0) is 11.1. The fraction of sp³-hybridized carbons (Fsp3) is 0.900. The van der Waals surface area contributed by atoms with Crippen LogP contribution in [-0.4, -0.2) is 30.5 Å². The van der Waals surface area contributed by atoms with E-state index < -0.39 is 0 Å². The van der Waals surface area contributed by atoms with Crippen molar-refractivity contribution in [3.63, 3.8) is 0 Å². The van der Waals surface area contributed by atoms with Crippen LogP contribution >= 0.6 is 0 Å². The molecule has 0 bridgehead atoms. The maximum atomic E-state index is 5.43. The van der Waals surface area contributed by atoms with Crippen molar-refractivity contribution in [1.82, 2.24) is 10.3 Å². The zero-order valence-electron chi connectivity index (χ0n) is 10.0. The van der Waals surface area contributed by atoms with E-state index in [4.69, 9.17) is 5.84 Å². The summed E-state index contributed by atoms with van der Waals surface area (Å²) >= 11 is 0. The number of hydrazine groups is 1. The minimum Gasteiger partial charge on any atom is -0.342 e. The third kappa shape index (κ3) is 3.96. The molecule has 0 saturated carbocycles. The first-order valence-electron chi connectivity index (χ1n) is 5.28. The van der Waals surface area contributed by atoms with Crippen molar-refractivity contribution in [2.75, 3.05) is 13.6 Å². The summed E-state index contributed by atoms with van der Waals surface area (Å²) in [4.78, 5) is 6.45. The van der Waals surface area contributed by atoms with Crippen molar-refractivity contribution in [3.05, 3.63) is 0 Å². The summed E-state index contributed by atoms with van der Waals surface area (Å²) in [6, 6.07) is 0.432. The minimum absolute atomic E-state index is 0.432. The van der Waals surface area contributed by atoms with Crippen LogP contribution in [0, 0.1) is 5.92 Å². The molecule has 0 rings (SSSR count). The smallest absolute Gasteiger partial charge is 0.208 e. The highest BCUT2D eigenvalue weighted by Gasteiger charge is 2.15. The molecular formula is C10H24N4. The second kappa shape index (κ2) is 6.65. The third-order valence-electron chi connectivity index (χ3n) is 2.52. The largest absolute Gasteiger partial charge is 0.342 e. The van der Waals surface area contributed by atoms with Crippen LogP contribution in [0.5, 0.6) is 0 Å². The first kappa shape index (κ1) is 13.2. The van der Waals surface area contributed by atoms with Gasteiger partial charge in [0.15, 0.2) is 0 Å². The van der Waals surface area contributed by atoms with Gasteiger partial charge in [0.1, 0.15) is 0 Å². The second-order valence-corrected chi connectivity index (χ2v) is 3.95. The molecule has 0 heterocycles. The molecule has 0 aliphatic carbocycles. The molecule has 0 aliphatic heterocycles. The molecule has 0 amide bonds. The third-order valence-corrected chi connectivity index (χ3v) is 2.52. The fourth-order valence-electron chi connectivity index (χ4n) is 1.12. The van der Waals surface area contributed by atoms with Gasteiger partial charge in [0.25, 0.3) is 0 Å². The predicted octanol–water partition coefficient (Wildman–Crippen LogP) is 1.19. The summed E-state index contributed by atoms with van der Waals surface area (Å²) in [5.74, 6) is 6.78. The van der Waals surface area contributed by atoms with Crippen LogP contribution in [0.1, 0.15) is 34.1 Å². The van der Waals surface area contributed by atoms with Crippen LogP contribution in [-0.2, 0) is 0 Å². The molecule has 84 valence electrons. The van der Waals surface area contributed by atoms with E-state index in [9.17, 15) is 0 Å². The van der Waals surface area contributed by atoms with Crippen molar-refractivity contribution in [2.24, 2.45) is 16.8 Å². The SMILES string of the molecule is CCCN=C(NN)N(C)C(C)C(C)C. The summed E-state index contributed by atoms with van der Waals surface area (Å²) in [5, 5.41) is 0. The summed E-state index contributed by atoms with van der Waals surface area (Å²) in [5.41, 5.74) is 2.65. The van der Waals surface area contributed by atoms with Crippen molar-refractivity contribution >= 4 is 5.96 Å². The highest BCUT2D eigenvalue weighted by molar-refractivity contribution is 5.79. The lowest BCUT2D eigenvalue weighted by atomic mass is 10.1. The normalized spacial score (nSPS) is 14.4. The maximum absolute atomic E-state index is 5.43. The summed E-state index contributed by atoms with van der Waals surface area (Å²) in [7, 11) is 2.01. The molecule has 0 fully saturated rings. The number of guanidine groups is 1. The molecule has 0 spiro atoms. The van der Waals surface area contributed by atoms with Gasteiger partial charge < -0.3 is 4.90 Å². The average Bonchev–Trinajstić information content (AvgIpc) is 2.17. The summed E-state index contributed by atoms with van der Waals surface area (Å²) in [6.07, 6.45) is 1.04. The molecule has 0 saturated heterocycles. The van der Waals surface area contributed by atoms with Gasteiger partial charge in [-0.2, -0.15) is 0 Å². The van der Waals surface area contributed by atoms with E-state index in [0.717, 1.165) is 18.9 Å². The highest BCUT2D eigenvalue weighted by atomic mass is 15.4. The van der Waals surface area contributed by atoms with Crippen LogP contribution < -0.4 is 11.3 Å². The van der Waals surface area contributed by atoms with E-state index >= 15 is 0 Å². The van der Waals surface area contributed by atoms with Gasteiger partial charge in [-0.25, -0.2) is 5.84 Å². The molecule has 1 unspecified atom stereocenters. The number of hydrogen-bond acceptors (Lipinski definition) is 2. The Kier molecular flexibility index (Phi) is 6.28. The molecule has 0 aromatic carbocycles. The fourth-order valence-corrected chi connectivity index (χ4v) is 1.12. The first-order chi connectivity index (χ1) is 6.54. The van der Waals surface area contributed by atoms with Crippen molar-refractivity contribution in [1.29, 1.82) is 0 Å². The summed E-state index contributed by atoms with van der Waals surface area (Å²) < 4.78 is 0. The topological polar surface area (TPSA) is 53.6 Å². The monoisotopic (exact) mass is 200 g/mol. The Balaban J connectivity index is 4.37. The van der Waals surface area contributed by atoms with E-state index in [1.807, 2.05) is 7.05 Å². The van der Waals surface area contributed by atoms with Gasteiger partial charge in [-0.05, 0) is 19.3 Å². The standard InChI is InChI=1S/C10H24N4/c1-6-7-12-10(13-11)14(5)9(4)8(2)3/h8-9H,6-7,11H2,1-5H3,(H,12,13). The quantitative estimate of drug-likeness (QED) is 0.310. The molecule has 1 atom stereocenters. The maximum Gasteiger partial charge on any atom is 0.208 e. The molecule has 3 N–H and O–H groups in total. The van der Waals surface area contributed by atoms with Crippen LogP contribution in [0.4, 0.5) is 0 Å². The van der Waals surface area contributed by atoms with Crippen molar-refractivity contribution in [2.45, 2.75) is 40.2 Å². The van der Waals surface area contributed by atoms with Crippen LogP contribution in [0.2, 0.25) is 0 Å². The number of nitrogens with two attached hydrogens (primary N) is 1. The van der Waals surface area contributed by atoms with Crippen molar-refractivity contribution in [3.8, 4) is 0 Å². The van der Waals surface area contributed by atoms with E-state index in [1.165, 1.54) is 0 Å². The zero-order valence-corrected chi connectivity index (χ0v) is 10.0. The van der Waals surface area contributed by atoms with E-state index in [2.05, 4.69) is 43.0 Å². The van der Waals surface area contributed by atoms with Gasteiger partial charge in [0.2, 0.25) is 5.96 Å². The van der Waals surface area contributed by atoms with Gasteiger partial charge in [0, 0.05) is 19.6 Å². The van der Waals surface area contributed by atoms with Crippen LogP contribution in [0.3, 0.4) is 0 Å². The van der Waals surface area contributed by atoms with Gasteiger partial charge in [-0.1, -0.05) is 20.8 Å². The Hall–Kier alpha value is -0.770. The number of rotatable bonds is 4. The lowest BCUT2D eigenvalue weighted by molar-refractivity contribution is 0.300. The molecule has 0 aromatic heterocycles. The average molecular weight is 200 g/mol. The number of nitrogens with one attached hydrogen (secondary N) is 1. The highest BCUT2D eigenvalue weighted by Crippen LogP contribution is 2.07. The molecule has 0 aliphatic rings. The molecule has 14 heavy (non-hydrogen) atoms. The Labute approximate surface area is 87.5 Å². The van der Waals surface area contributed by atoms with E-state index in [1.54, 1.807) is 0 Å². The van der Waals surface area contributed by atoms with E-state index in [-0.39, 0.29) is 0 Å². The van der Waals surface area contributed by atoms with E-state index in [0.29, 0.717) is 12.0 Å². The summed E-state index contributed by atoms with van der Waals surface area (Å²) in [6.45, 7) is 9.46. The van der Waals surface area contributed by atoms with Crippen LogP contribution in [0.15, 0.2) is 4.99 Å². The van der Waals surface area contributed by atoms with Gasteiger partial charge in [0.05, 0.1) is 0 Å². The van der Waals surface area contributed by atoms with Gasteiger partial charge in [-0.3, -0.25) is 10.4 Å². The Morgan fingerprint density at radius 1 is 1.43 bits per heavy atom. The molecular weight excluding hydrogens is 176 g/mol. The Bertz CT molecular complexity index is 177. The lowest BCUT2D eigenvalue weighted by Gasteiger charge is -2.30. The molecule has 0 aromatic rings. The molecule has 4 nitrogen and oxygen atoms in total. The van der Waals surface area contributed by atoms with Crippen LogP contribution in [0.25, 0.3) is 0 Å². The van der Waals surface area contributed by atoms with Gasteiger partial charge in [-0.15, -0.1) is 0 Å². The van der Waals surface area contributed by atoms with Gasteiger partial charge >= 0.3 is 0 Å². The second-order valence-electron chi connectivity index (χ2n) is 3.95. The minimum atomic E-state index is 0.432.